The van der Waals surface area contributed by atoms with Crippen LogP contribution in [0.1, 0.15) is 33.2 Å². The van der Waals surface area contributed by atoms with Crippen molar-refractivity contribution >= 4 is 5.91 Å². The van der Waals surface area contributed by atoms with Crippen LogP contribution in [0.2, 0.25) is 0 Å². The number of nitrogens with zero attached hydrogens (tertiary/aromatic N) is 2. The quantitative estimate of drug-likeness (QED) is 0.698. The van der Waals surface area contributed by atoms with Crippen LogP contribution in [0, 0.1) is 11.6 Å². The zero-order chi connectivity index (χ0) is 19.0. The number of rotatable bonds is 4. The van der Waals surface area contributed by atoms with Gasteiger partial charge in [-0.3, -0.25) is 9.78 Å². The molecule has 4 rings (SSSR count). The Morgan fingerprint density at radius 2 is 1.89 bits per heavy atom. The van der Waals surface area contributed by atoms with Crippen molar-refractivity contribution in [1.82, 2.24) is 9.88 Å². The third-order valence-corrected chi connectivity index (χ3v) is 4.67. The Hall–Kier alpha value is -3.28. The van der Waals surface area contributed by atoms with Gasteiger partial charge in [0.05, 0.1) is 18.4 Å². The minimum Gasteiger partial charge on any atom is -0.497 e. The van der Waals surface area contributed by atoms with Crippen LogP contribution in [0.15, 0.2) is 60.8 Å². The van der Waals surface area contributed by atoms with Gasteiger partial charge in [-0.25, -0.2) is 8.78 Å². The zero-order valence-electron chi connectivity index (χ0n) is 14.5. The van der Waals surface area contributed by atoms with Crippen molar-refractivity contribution < 1.29 is 18.3 Å². The summed E-state index contributed by atoms with van der Waals surface area (Å²) in [5, 5.41) is 0. The van der Waals surface area contributed by atoms with Crippen LogP contribution >= 0.6 is 0 Å². The Bertz CT molecular complexity index is 1010. The third-order valence-electron chi connectivity index (χ3n) is 4.67. The summed E-state index contributed by atoms with van der Waals surface area (Å²) in [6.07, 6.45) is 1.57. The minimum atomic E-state index is -0.712. The first-order valence-corrected chi connectivity index (χ1v) is 8.42. The molecule has 6 heteroatoms. The number of hydrogen-bond acceptors (Lipinski definition) is 3. The number of carbonyl (C=O) groups excluding carboxylic acids is 1. The van der Waals surface area contributed by atoms with Gasteiger partial charge in [-0.2, -0.15) is 0 Å². The number of ether oxygens (including phenoxy) is 1. The number of amides is 1. The van der Waals surface area contributed by atoms with Crippen molar-refractivity contribution in [2.45, 2.75) is 12.6 Å². The van der Waals surface area contributed by atoms with Gasteiger partial charge in [-0.1, -0.05) is 18.2 Å². The summed E-state index contributed by atoms with van der Waals surface area (Å²) in [6, 6.07) is 13.3. The van der Waals surface area contributed by atoms with Crippen LogP contribution in [0.3, 0.4) is 0 Å². The van der Waals surface area contributed by atoms with Crippen LogP contribution in [0.25, 0.3) is 0 Å². The van der Waals surface area contributed by atoms with Gasteiger partial charge in [0.25, 0.3) is 5.91 Å². The van der Waals surface area contributed by atoms with E-state index in [9.17, 15) is 13.6 Å². The average molecular weight is 366 g/mol. The molecule has 0 fully saturated rings. The number of halogens is 2. The molecule has 1 unspecified atom stereocenters. The van der Waals surface area contributed by atoms with Crippen molar-refractivity contribution in [2.24, 2.45) is 0 Å². The Labute approximate surface area is 155 Å². The number of hydrogen-bond donors (Lipinski definition) is 0. The molecule has 2 aromatic carbocycles. The van der Waals surface area contributed by atoms with Crippen molar-refractivity contribution in [1.29, 1.82) is 0 Å². The lowest BCUT2D eigenvalue weighted by Crippen LogP contribution is -2.29. The Balaban J connectivity index is 1.77. The van der Waals surface area contributed by atoms with E-state index in [0.29, 0.717) is 17.0 Å². The second-order valence-corrected chi connectivity index (χ2v) is 6.29. The first-order valence-electron chi connectivity index (χ1n) is 8.42. The summed E-state index contributed by atoms with van der Waals surface area (Å²) < 4.78 is 33.0. The van der Waals surface area contributed by atoms with E-state index in [4.69, 9.17) is 4.74 Å². The molecule has 1 aliphatic rings. The maximum Gasteiger partial charge on any atom is 0.256 e. The van der Waals surface area contributed by atoms with Crippen LogP contribution < -0.4 is 4.74 Å². The van der Waals surface area contributed by atoms with E-state index in [1.54, 1.807) is 42.5 Å². The molecule has 0 aliphatic carbocycles. The molecule has 27 heavy (non-hydrogen) atoms. The normalized spacial score (nSPS) is 15.7. The van der Waals surface area contributed by atoms with E-state index >= 15 is 0 Å². The van der Waals surface area contributed by atoms with Gasteiger partial charge in [0, 0.05) is 24.4 Å². The van der Waals surface area contributed by atoms with Gasteiger partial charge >= 0.3 is 0 Å². The largest absolute Gasteiger partial charge is 0.497 e. The summed E-state index contributed by atoms with van der Waals surface area (Å²) in [5.41, 5.74) is 1.99. The van der Waals surface area contributed by atoms with Gasteiger partial charge in [-0.05, 0) is 35.9 Å². The molecule has 0 saturated heterocycles. The first-order chi connectivity index (χ1) is 13.1. The molecule has 1 amide bonds. The number of pyridine rings is 1. The molecule has 1 aliphatic heterocycles. The van der Waals surface area contributed by atoms with Crippen molar-refractivity contribution in [3.63, 3.8) is 0 Å². The van der Waals surface area contributed by atoms with Crippen LogP contribution in [0.4, 0.5) is 8.78 Å². The molecule has 0 bridgehead atoms. The number of methoxy groups -OCH3 is 1. The van der Waals surface area contributed by atoms with E-state index in [0.717, 1.165) is 11.6 Å². The number of aromatic nitrogens is 1. The first kappa shape index (κ1) is 17.1. The smallest absolute Gasteiger partial charge is 0.256 e. The number of fused-ring (bicyclic) bond motifs is 1. The van der Waals surface area contributed by atoms with Crippen molar-refractivity contribution in [2.75, 3.05) is 7.11 Å². The third kappa shape index (κ3) is 3.03. The van der Waals surface area contributed by atoms with Gasteiger partial charge in [-0.15, -0.1) is 0 Å². The molecule has 136 valence electrons. The molecule has 4 nitrogen and oxygen atoms in total. The lowest BCUT2D eigenvalue weighted by molar-refractivity contribution is 0.0733. The summed E-state index contributed by atoms with van der Waals surface area (Å²) in [5.74, 6) is -0.894. The van der Waals surface area contributed by atoms with E-state index in [2.05, 4.69) is 4.98 Å². The second kappa shape index (κ2) is 6.79. The summed E-state index contributed by atoms with van der Waals surface area (Å²) in [6.45, 7) is 0.265. The summed E-state index contributed by atoms with van der Waals surface area (Å²) in [7, 11) is 1.58. The fourth-order valence-corrected chi connectivity index (χ4v) is 3.37. The van der Waals surface area contributed by atoms with E-state index in [1.807, 2.05) is 12.1 Å². The van der Waals surface area contributed by atoms with Crippen LogP contribution in [-0.4, -0.2) is 22.9 Å². The summed E-state index contributed by atoms with van der Waals surface area (Å²) >= 11 is 0. The highest BCUT2D eigenvalue weighted by atomic mass is 19.1. The van der Waals surface area contributed by atoms with Gasteiger partial charge in [0.1, 0.15) is 23.4 Å². The number of benzene rings is 2. The molecular formula is C21H16F2N2O2. The lowest BCUT2D eigenvalue weighted by atomic mass is 10.0. The summed E-state index contributed by atoms with van der Waals surface area (Å²) in [4.78, 5) is 18.8. The molecule has 2 heterocycles. The van der Waals surface area contributed by atoms with Crippen LogP contribution in [-0.2, 0) is 6.54 Å². The molecule has 1 atom stereocenters. The predicted molar refractivity (Wildman–Crippen MR) is 95.3 cm³/mol. The van der Waals surface area contributed by atoms with Gasteiger partial charge in [0.15, 0.2) is 0 Å². The van der Waals surface area contributed by atoms with Crippen LogP contribution in [0.5, 0.6) is 5.75 Å². The zero-order valence-corrected chi connectivity index (χ0v) is 14.5. The average Bonchev–Trinajstić information content (AvgIpc) is 2.95. The highest BCUT2D eigenvalue weighted by Crippen LogP contribution is 2.39. The molecule has 0 radical (unpaired) electrons. The van der Waals surface area contributed by atoms with Gasteiger partial charge < -0.3 is 9.64 Å². The van der Waals surface area contributed by atoms with Crippen molar-refractivity contribution in [3.05, 3.63) is 94.8 Å². The maximum absolute atomic E-state index is 14.5. The lowest BCUT2D eigenvalue weighted by Gasteiger charge is -2.25. The molecule has 0 N–H and O–H groups in total. The Morgan fingerprint density at radius 3 is 2.59 bits per heavy atom. The fourth-order valence-electron chi connectivity index (χ4n) is 3.37. The molecule has 1 aromatic heterocycles. The van der Waals surface area contributed by atoms with Crippen molar-refractivity contribution in [3.8, 4) is 5.75 Å². The highest BCUT2D eigenvalue weighted by molar-refractivity contribution is 5.99. The molecule has 0 spiro atoms. The van der Waals surface area contributed by atoms with E-state index < -0.39 is 17.7 Å². The standard InChI is InChI=1S/C21H16F2N2O2/c1-27-15-7-4-13(5-8-15)12-25-20(16-9-6-14(22)11-18(16)23)19-17(21(25)26)3-2-10-24-19/h2-11,20H,12H2,1H3. The minimum absolute atomic E-state index is 0.218. The fraction of sp³-hybridized carbons (Fsp3) is 0.143. The monoisotopic (exact) mass is 366 g/mol. The number of carbonyl (C=O) groups is 1. The molecular weight excluding hydrogens is 350 g/mol. The SMILES string of the molecule is COc1ccc(CN2C(=O)c3cccnc3C2c2ccc(F)cc2F)cc1. The molecule has 3 aromatic rings. The van der Waals surface area contributed by atoms with E-state index in [-0.39, 0.29) is 18.0 Å². The highest BCUT2D eigenvalue weighted by Gasteiger charge is 2.40. The maximum atomic E-state index is 14.5. The van der Waals surface area contributed by atoms with Gasteiger partial charge in [0.2, 0.25) is 0 Å². The predicted octanol–water partition coefficient (Wildman–Crippen LogP) is 4.11. The van der Waals surface area contributed by atoms with E-state index in [1.165, 1.54) is 12.1 Å². The Kier molecular flexibility index (Phi) is 4.32. The molecule has 0 saturated carbocycles. The second-order valence-electron chi connectivity index (χ2n) is 6.29. The Morgan fingerprint density at radius 1 is 1.11 bits per heavy atom. The topological polar surface area (TPSA) is 42.4 Å².